The van der Waals surface area contributed by atoms with Crippen molar-refractivity contribution in [3.63, 3.8) is 0 Å². The maximum absolute atomic E-state index is 11.4. The number of carbonyl (C=O) groups excluding carboxylic acids is 1. The number of nitrogens with one attached hydrogen (secondary N) is 2. The van der Waals surface area contributed by atoms with E-state index in [1.165, 1.54) is 0 Å². The standard InChI is InChI=1S/C15H23N3O2/c1-9(2)5-11(8-19)17-14-7-13-10(6-12(14)16)3-4-15(20)18-13/h6-7,9,11,17,19H,3-5,8,16H2,1-2H3,(H,18,20). The molecule has 0 fully saturated rings. The highest BCUT2D eigenvalue weighted by molar-refractivity contribution is 5.95. The van der Waals surface area contributed by atoms with Crippen molar-refractivity contribution in [3.8, 4) is 0 Å². The number of benzene rings is 1. The van der Waals surface area contributed by atoms with Crippen LogP contribution >= 0.6 is 0 Å². The largest absolute Gasteiger partial charge is 0.397 e. The minimum absolute atomic E-state index is 0.0327. The first-order chi connectivity index (χ1) is 9.49. The molecular weight excluding hydrogens is 254 g/mol. The lowest BCUT2D eigenvalue weighted by Crippen LogP contribution is -2.26. The van der Waals surface area contributed by atoms with Gasteiger partial charge in [-0.05, 0) is 36.5 Å². The molecule has 1 heterocycles. The third kappa shape index (κ3) is 3.42. The number of amides is 1. The SMILES string of the molecule is CC(C)CC(CO)Nc1cc2c(cc1N)CCC(=O)N2. The number of anilines is 3. The second-order valence-corrected chi connectivity index (χ2v) is 5.80. The molecule has 1 aromatic rings. The predicted octanol–water partition coefficient (Wildman–Crippen LogP) is 1.97. The Kier molecular flexibility index (Phi) is 4.49. The molecule has 1 amide bonds. The van der Waals surface area contributed by atoms with Crippen molar-refractivity contribution in [2.24, 2.45) is 5.92 Å². The lowest BCUT2D eigenvalue weighted by Gasteiger charge is -2.23. The molecule has 20 heavy (non-hydrogen) atoms. The molecule has 1 aliphatic rings. The van der Waals surface area contributed by atoms with E-state index in [-0.39, 0.29) is 18.6 Å². The fourth-order valence-electron chi connectivity index (χ4n) is 2.54. The molecule has 0 aliphatic carbocycles. The van der Waals surface area contributed by atoms with Crippen LogP contribution in [0.3, 0.4) is 0 Å². The second-order valence-electron chi connectivity index (χ2n) is 5.80. The van der Waals surface area contributed by atoms with Gasteiger partial charge in [-0.3, -0.25) is 4.79 Å². The van der Waals surface area contributed by atoms with Crippen LogP contribution < -0.4 is 16.4 Å². The van der Waals surface area contributed by atoms with Gasteiger partial charge in [0.05, 0.1) is 18.0 Å². The Morgan fingerprint density at radius 1 is 1.40 bits per heavy atom. The average Bonchev–Trinajstić information content (AvgIpc) is 2.38. The molecule has 2 rings (SSSR count). The number of hydrogen-bond donors (Lipinski definition) is 4. The molecule has 1 unspecified atom stereocenters. The van der Waals surface area contributed by atoms with Crippen molar-refractivity contribution in [1.82, 2.24) is 0 Å². The molecule has 110 valence electrons. The Morgan fingerprint density at radius 3 is 2.80 bits per heavy atom. The molecule has 5 heteroatoms. The second kappa shape index (κ2) is 6.13. The number of rotatable bonds is 5. The summed E-state index contributed by atoms with van der Waals surface area (Å²) in [6.07, 6.45) is 2.09. The summed E-state index contributed by atoms with van der Waals surface area (Å²) < 4.78 is 0. The van der Waals surface area contributed by atoms with Crippen molar-refractivity contribution in [3.05, 3.63) is 17.7 Å². The highest BCUT2D eigenvalue weighted by atomic mass is 16.3. The minimum atomic E-state index is -0.0327. The van der Waals surface area contributed by atoms with Gasteiger partial charge in [-0.25, -0.2) is 0 Å². The molecule has 0 spiro atoms. The third-order valence-electron chi connectivity index (χ3n) is 3.51. The Morgan fingerprint density at radius 2 is 2.15 bits per heavy atom. The molecule has 0 saturated heterocycles. The van der Waals surface area contributed by atoms with Gasteiger partial charge in [0.25, 0.3) is 0 Å². The van der Waals surface area contributed by atoms with Crippen molar-refractivity contribution < 1.29 is 9.90 Å². The summed E-state index contributed by atoms with van der Waals surface area (Å²) in [6, 6.07) is 3.74. The number of nitrogens with two attached hydrogens (primary N) is 1. The van der Waals surface area contributed by atoms with E-state index < -0.39 is 0 Å². The summed E-state index contributed by atoms with van der Waals surface area (Å²) in [5.74, 6) is 0.521. The normalized spacial score (nSPS) is 15.7. The summed E-state index contributed by atoms with van der Waals surface area (Å²) >= 11 is 0. The lowest BCUT2D eigenvalue weighted by molar-refractivity contribution is -0.116. The van der Waals surface area contributed by atoms with Gasteiger partial charge < -0.3 is 21.5 Å². The topological polar surface area (TPSA) is 87.4 Å². The van der Waals surface area contributed by atoms with Crippen LogP contribution in [0, 0.1) is 5.92 Å². The van der Waals surface area contributed by atoms with Crippen molar-refractivity contribution in [2.75, 3.05) is 23.0 Å². The smallest absolute Gasteiger partial charge is 0.224 e. The van der Waals surface area contributed by atoms with E-state index in [9.17, 15) is 9.90 Å². The molecule has 0 aromatic heterocycles. The maximum Gasteiger partial charge on any atom is 0.224 e. The Labute approximate surface area is 119 Å². The zero-order chi connectivity index (χ0) is 14.7. The van der Waals surface area contributed by atoms with Gasteiger partial charge in [0.1, 0.15) is 0 Å². The highest BCUT2D eigenvalue weighted by Gasteiger charge is 2.18. The van der Waals surface area contributed by atoms with Crippen LogP contribution in [0.2, 0.25) is 0 Å². The van der Waals surface area contributed by atoms with Gasteiger partial charge in [0.15, 0.2) is 0 Å². The molecular formula is C15H23N3O2. The van der Waals surface area contributed by atoms with Crippen LogP contribution in [0.1, 0.15) is 32.3 Å². The van der Waals surface area contributed by atoms with E-state index in [4.69, 9.17) is 5.73 Å². The molecule has 5 nitrogen and oxygen atoms in total. The van der Waals surface area contributed by atoms with Crippen molar-refractivity contribution in [2.45, 2.75) is 39.2 Å². The Balaban J connectivity index is 2.19. The van der Waals surface area contributed by atoms with Gasteiger partial charge in [0, 0.05) is 18.2 Å². The summed E-state index contributed by atoms with van der Waals surface area (Å²) in [5, 5.41) is 15.6. The van der Waals surface area contributed by atoms with Crippen LogP contribution in [-0.2, 0) is 11.2 Å². The fourth-order valence-corrected chi connectivity index (χ4v) is 2.54. The summed E-state index contributed by atoms with van der Waals surface area (Å²) in [4.78, 5) is 11.4. The maximum atomic E-state index is 11.4. The van der Waals surface area contributed by atoms with E-state index in [0.717, 1.165) is 29.8 Å². The Hall–Kier alpha value is -1.75. The van der Waals surface area contributed by atoms with Crippen molar-refractivity contribution in [1.29, 1.82) is 0 Å². The Bertz CT molecular complexity index is 500. The molecule has 0 saturated carbocycles. The van der Waals surface area contributed by atoms with E-state index in [2.05, 4.69) is 24.5 Å². The van der Waals surface area contributed by atoms with Crippen LogP contribution in [0.4, 0.5) is 17.1 Å². The highest BCUT2D eigenvalue weighted by Crippen LogP contribution is 2.31. The number of carbonyl (C=O) groups is 1. The van der Waals surface area contributed by atoms with E-state index in [1.807, 2.05) is 12.1 Å². The minimum Gasteiger partial charge on any atom is -0.397 e. The van der Waals surface area contributed by atoms with E-state index in [1.54, 1.807) is 0 Å². The van der Waals surface area contributed by atoms with E-state index >= 15 is 0 Å². The average molecular weight is 277 g/mol. The van der Waals surface area contributed by atoms with Gasteiger partial charge in [0.2, 0.25) is 5.91 Å². The molecule has 1 atom stereocenters. The first kappa shape index (κ1) is 14.7. The van der Waals surface area contributed by atoms with Crippen LogP contribution in [0.15, 0.2) is 12.1 Å². The number of aliphatic hydroxyl groups excluding tert-OH is 1. The quantitative estimate of drug-likeness (QED) is 0.620. The van der Waals surface area contributed by atoms with Crippen LogP contribution in [-0.4, -0.2) is 23.7 Å². The first-order valence-electron chi connectivity index (χ1n) is 7.09. The van der Waals surface area contributed by atoms with Crippen LogP contribution in [0.5, 0.6) is 0 Å². The monoisotopic (exact) mass is 277 g/mol. The zero-order valence-electron chi connectivity index (χ0n) is 12.1. The lowest BCUT2D eigenvalue weighted by atomic mass is 10.00. The molecule has 1 aromatic carbocycles. The molecule has 0 bridgehead atoms. The predicted molar refractivity (Wildman–Crippen MR) is 81.8 cm³/mol. The first-order valence-corrected chi connectivity index (χ1v) is 7.09. The summed E-state index contributed by atoms with van der Waals surface area (Å²) in [7, 11) is 0. The number of fused-ring (bicyclic) bond motifs is 1. The fraction of sp³-hybridized carbons (Fsp3) is 0.533. The molecule has 0 radical (unpaired) electrons. The zero-order valence-corrected chi connectivity index (χ0v) is 12.1. The van der Waals surface area contributed by atoms with Gasteiger partial charge >= 0.3 is 0 Å². The number of aliphatic hydroxyl groups is 1. The number of aryl methyl sites for hydroxylation is 1. The molecule has 5 N–H and O–H groups in total. The summed E-state index contributed by atoms with van der Waals surface area (Å²) in [6.45, 7) is 4.28. The molecule has 1 aliphatic heterocycles. The van der Waals surface area contributed by atoms with Crippen LogP contribution in [0.25, 0.3) is 0 Å². The number of nitrogen functional groups attached to an aromatic ring is 1. The summed E-state index contributed by atoms with van der Waals surface area (Å²) in [5.41, 5.74) is 9.37. The van der Waals surface area contributed by atoms with Gasteiger partial charge in [-0.2, -0.15) is 0 Å². The van der Waals surface area contributed by atoms with E-state index in [0.29, 0.717) is 18.0 Å². The third-order valence-corrected chi connectivity index (χ3v) is 3.51. The number of hydrogen-bond acceptors (Lipinski definition) is 4. The van der Waals surface area contributed by atoms with Gasteiger partial charge in [-0.15, -0.1) is 0 Å². The van der Waals surface area contributed by atoms with Gasteiger partial charge in [-0.1, -0.05) is 13.8 Å². The van der Waals surface area contributed by atoms with Crippen molar-refractivity contribution >= 4 is 23.0 Å².